The second-order valence-corrected chi connectivity index (χ2v) is 7.62. The lowest BCUT2D eigenvalue weighted by molar-refractivity contribution is 0.0938. The van der Waals surface area contributed by atoms with Gasteiger partial charge < -0.3 is 15.8 Å². The van der Waals surface area contributed by atoms with E-state index in [9.17, 15) is 13.2 Å². The Balaban J connectivity index is 2.21. The Kier molecular flexibility index (Phi) is 6.66. The number of nitrogen functional groups attached to an aromatic ring is 1. The van der Waals surface area contributed by atoms with Gasteiger partial charge in [0.1, 0.15) is 16.5 Å². The number of rotatable bonds is 7. The standard InChI is InChI=1S/C17H27N3O4S/c1-4-20-7-5-6-12(20)10-19-17(21)14-8-13(11(2)25(22)23)15(18)9-16(14)24-3/h8-9,11-12,25H,4-7,10,18H2,1-3H3,(H,19,21)/t11-,12-/m0/s1. The Hall–Kier alpha value is -1.80. The van der Waals surface area contributed by atoms with E-state index in [1.165, 1.54) is 19.2 Å². The molecule has 0 saturated carbocycles. The number of nitrogens with one attached hydrogen (secondary N) is 1. The van der Waals surface area contributed by atoms with Crippen molar-refractivity contribution in [3.63, 3.8) is 0 Å². The van der Waals surface area contributed by atoms with Crippen LogP contribution in [0.5, 0.6) is 5.75 Å². The molecule has 0 aromatic heterocycles. The van der Waals surface area contributed by atoms with E-state index < -0.39 is 16.0 Å². The van der Waals surface area contributed by atoms with Crippen molar-refractivity contribution in [3.8, 4) is 5.75 Å². The fourth-order valence-electron chi connectivity index (χ4n) is 3.28. The van der Waals surface area contributed by atoms with E-state index in [2.05, 4.69) is 17.1 Å². The van der Waals surface area contributed by atoms with Gasteiger partial charge in [0.15, 0.2) is 0 Å². The average Bonchev–Trinajstić information content (AvgIpc) is 3.06. The van der Waals surface area contributed by atoms with Crippen LogP contribution in [0.15, 0.2) is 12.1 Å². The lowest BCUT2D eigenvalue weighted by Crippen LogP contribution is -2.40. The first-order valence-electron chi connectivity index (χ1n) is 8.52. The van der Waals surface area contributed by atoms with Gasteiger partial charge in [0.2, 0.25) is 0 Å². The van der Waals surface area contributed by atoms with Gasteiger partial charge in [-0.05, 0) is 44.5 Å². The molecule has 1 amide bonds. The number of hydrogen-bond acceptors (Lipinski definition) is 6. The first-order valence-corrected chi connectivity index (χ1v) is 9.76. The van der Waals surface area contributed by atoms with E-state index in [0.29, 0.717) is 35.2 Å². The number of hydrogen-bond donors (Lipinski definition) is 3. The van der Waals surface area contributed by atoms with Gasteiger partial charge in [-0.15, -0.1) is 0 Å². The van der Waals surface area contributed by atoms with Crippen molar-refractivity contribution in [2.45, 2.75) is 38.0 Å². The number of thiol groups is 1. The summed E-state index contributed by atoms with van der Waals surface area (Å²) in [7, 11) is -1.23. The first-order chi connectivity index (χ1) is 11.9. The van der Waals surface area contributed by atoms with E-state index in [-0.39, 0.29) is 5.91 Å². The summed E-state index contributed by atoms with van der Waals surface area (Å²) in [6.07, 6.45) is 2.20. The van der Waals surface area contributed by atoms with E-state index in [1.807, 2.05) is 0 Å². The van der Waals surface area contributed by atoms with Crippen molar-refractivity contribution in [1.82, 2.24) is 10.2 Å². The molecular weight excluding hydrogens is 342 g/mol. The predicted molar refractivity (Wildman–Crippen MR) is 98.7 cm³/mol. The Morgan fingerprint density at radius 3 is 2.80 bits per heavy atom. The maximum absolute atomic E-state index is 12.6. The minimum Gasteiger partial charge on any atom is -0.496 e. The van der Waals surface area contributed by atoms with Crippen LogP contribution in [-0.4, -0.2) is 52.0 Å². The number of benzene rings is 1. The van der Waals surface area contributed by atoms with Crippen LogP contribution >= 0.6 is 0 Å². The van der Waals surface area contributed by atoms with Gasteiger partial charge >= 0.3 is 0 Å². The van der Waals surface area contributed by atoms with Crippen molar-refractivity contribution in [2.75, 3.05) is 32.5 Å². The lowest BCUT2D eigenvalue weighted by Gasteiger charge is -2.23. The van der Waals surface area contributed by atoms with E-state index in [1.54, 1.807) is 6.92 Å². The molecular formula is C17H27N3O4S. The SMILES string of the molecule is CCN1CCC[C@H]1CNC(=O)c1cc([C@H](C)[SH](=O)=O)c(N)cc1OC. The summed E-state index contributed by atoms with van der Waals surface area (Å²) in [5.41, 5.74) is 6.94. The molecule has 1 fully saturated rings. The van der Waals surface area contributed by atoms with Gasteiger partial charge in [-0.3, -0.25) is 9.69 Å². The van der Waals surface area contributed by atoms with Gasteiger partial charge in [-0.2, -0.15) is 0 Å². The van der Waals surface area contributed by atoms with Crippen LogP contribution in [0, 0.1) is 0 Å². The molecule has 8 heteroatoms. The van der Waals surface area contributed by atoms with Gasteiger partial charge in [-0.1, -0.05) is 6.92 Å². The zero-order valence-electron chi connectivity index (χ0n) is 14.9. The predicted octanol–water partition coefficient (Wildman–Crippen LogP) is 1.16. The highest BCUT2D eigenvalue weighted by Crippen LogP contribution is 2.30. The van der Waals surface area contributed by atoms with Crippen LogP contribution in [0.1, 0.15) is 47.9 Å². The molecule has 7 nitrogen and oxygen atoms in total. The molecule has 1 heterocycles. The summed E-state index contributed by atoms with van der Waals surface area (Å²) < 4.78 is 27.9. The van der Waals surface area contributed by atoms with Crippen molar-refractivity contribution in [3.05, 3.63) is 23.3 Å². The molecule has 25 heavy (non-hydrogen) atoms. The highest BCUT2D eigenvalue weighted by Gasteiger charge is 2.25. The largest absolute Gasteiger partial charge is 0.496 e. The molecule has 0 bridgehead atoms. The molecule has 1 aliphatic heterocycles. The smallest absolute Gasteiger partial charge is 0.255 e. The summed E-state index contributed by atoms with van der Waals surface area (Å²) >= 11 is 0. The number of methoxy groups -OCH3 is 1. The molecule has 0 aliphatic carbocycles. The third-order valence-corrected chi connectivity index (χ3v) is 5.73. The molecule has 2 rings (SSSR count). The van der Waals surface area contributed by atoms with Crippen LogP contribution < -0.4 is 15.8 Å². The highest BCUT2D eigenvalue weighted by molar-refractivity contribution is 7.72. The molecule has 0 unspecified atom stereocenters. The quantitative estimate of drug-likeness (QED) is 0.492. The Morgan fingerprint density at radius 2 is 2.20 bits per heavy atom. The highest BCUT2D eigenvalue weighted by atomic mass is 32.2. The summed E-state index contributed by atoms with van der Waals surface area (Å²) in [6.45, 7) is 6.23. The second kappa shape index (κ2) is 8.53. The maximum Gasteiger partial charge on any atom is 0.255 e. The van der Waals surface area contributed by atoms with Crippen molar-refractivity contribution in [2.24, 2.45) is 0 Å². The number of carbonyl (C=O) groups is 1. The van der Waals surface area contributed by atoms with Crippen LogP contribution in [-0.2, 0) is 10.7 Å². The van der Waals surface area contributed by atoms with Crippen LogP contribution in [0.4, 0.5) is 5.69 Å². The van der Waals surface area contributed by atoms with Crippen molar-refractivity contribution in [1.29, 1.82) is 0 Å². The monoisotopic (exact) mass is 369 g/mol. The van der Waals surface area contributed by atoms with E-state index in [4.69, 9.17) is 10.5 Å². The first kappa shape index (κ1) is 19.5. The summed E-state index contributed by atoms with van der Waals surface area (Å²) in [5.74, 6) is 0.0558. The molecule has 2 atom stereocenters. The number of nitrogens with zero attached hydrogens (tertiary/aromatic N) is 1. The molecule has 1 aromatic rings. The number of carbonyl (C=O) groups excluding carboxylic acids is 1. The minimum atomic E-state index is -2.68. The third kappa shape index (κ3) is 4.43. The van der Waals surface area contributed by atoms with Gasteiger partial charge in [0.05, 0.1) is 17.9 Å². The maximum atomic E-state index is 12.6. The van der Waals surface area contributed by atoms with Gasteiger partial charge in [0, 0.05) is 24.3 Å². The van der Waals surface area contributed by atoms with Crippen LogP contribution in [0.2, 0.25) is 0 Å². The normalized spacial score (nSPS) is 19.1. The number of likely N-dealkylation sites (tertiary alicyclic amines) is 1. The van der Waals surface area contributed by atoms with Gasteiger partial charge in [-0.25, -0.2) is 8.42 Å². The number of nitrogens with two attached hydrogens (primary N) is 1. The average molecular weight is 369 g/mol. The fraction of sp³-hybridized carbons (Fsp3) is 0.588. The fourth-order valence-corrected chi connectivity index (χ4v) is 3.73. The number of amides is 1. The van der Waals surface area contributed by atoms with Crippen LogP contribution in [0.3, 0.4) is 0 Å². The van der Waals surface area contributed by atoms with Gasteiger partial charge in [0.25, 0.3) is 5.91 Å². The minimum absolute atomic E-state index is 0.283. The van der Waals surface area contributed by atoms with Crippen molar-refractivity contribution < 1.29 is 17.9 Å². The summed E-state index contributed by atoms with van der Waals surface area (Å²) in [5, 5.41) is 2.18. The number of anilines is 1. The zero-order chi connectivity index (χ0) is 18.6. The molecule has 1 aromatic carbocycles. The van der Waals surface area contributed by atoms with Crippen molar-refractivity contribution >= 4 is 22.3 Å². The Labute approximate surface area is 150 Å². The lowest BCUT2D eigenvalue weighted by atomic mass is 10.0. The topological polar surface area (TPSA) is 102 Å². The zero-order valence-corrected chi connectivity index (χ0v) is 15.8. The Morgan fingerprint density at radius 1 is 1.48 bits per heavy atom. The molecule has 0 radical (unpaired) electrons. The second-order valence-electron chi connectivity index (χ2n) is 6.28. The molecule has 1 saturated heterocycles. The molecule has 1 aliphatic rings. The Bertz CT molecular complexity index is 697. The van der Waals surface area contributed by atoms with E-state index >= 15 is 0 Å². The molecule has 3 N–H and O–H groups in total. The third-order valence-electron chi connectivity index (χ3n) is 4.82. The van der Waals surface area contributed by atoms with Crippen LogP contribution in [0.25, 0.3) is 0 Å². The summed E-state index contributed by atoms with van der Waals surface area (Å²) in [4.78, 5) is 15.0. The molecule has 0 spiro atoms. The molecule has 140 valence electrons. The number of likely N-dealkylation sites (N-methyl/N-ethyl adjacent to an activating group) is 1. The van der Waals surface area contributed by atoms with E-state index in [0.717, 1.165) is 25.9 Å². The number of ether oxygens (including phenoxy) is 1. The summed E-state index contributed by atoms with van der Waals surface area (Å²) in [6, 6.07) is 3.36.